The zero-order chi connectivity index (χ0) is 14.9. The molecule has 0 aliphatic heterocycles. The van der Waals surface area contributed by atoms with Crippen LogP contribution in [0.15, 0.2) is 12.3 Å². The molecule has 0 saturated heterocycles. The molecule has 20 heavy (non-hydrogen) atoms. The van der Waals surface area contributed by atoms with Gasteiger partial charge in [0.2, 0.25) is 10.0 Å². The fourth-order valence-corrected chi connectivity index (χ4v) is 2.04. The molecule has 1 heterocycles. The van der Waals surface area contributed by atoms with Gasteiger partial charge in [0.15, 0.2) is 0 Å². The third kappa shape index (κ3) is 3.83. The molecule has 0 unspecified atom stereocenters. The number of amides is 1. The van der Waals surface area contributed by atoms with Gasteiger partial charge < -0.3 is 9.64 Å². The molecular weight excluding hydrogens is 282 g/mol. The summed E-state index contributed by atoms with van der Waals surface area (Å²) in [6, 6.07) is 1.44. The summed E-state index contributed by atoms with van der Waals surface area (Å²) in [5.41, 5.74) is 0.320. The molecule has 1 saturated carbocycles. The molecule has 0 atom stereocenters. The molecule has 1 aliphatic carbocycles. The van der Waals surface area contributed by atoms with E-state index >= 15 is 0 Å². The number of hydrogen-bond acceptors (Lipinski definition) is 5. The Balaban J connectivity index is 2.34. The molecule has 0 aromatic carbocycles. The van der Waals surface area contributed by atoms with Crippen molar-refractivity contribution in [3.63, 3.8) is 0 Å². The van der Waals surface area contributed by atoms with Crippen molar-refractivity contribution in [2.24, 2.45) is 0 Å². The van der Waals surface area contributed by atoms with Crippen molar-refractivity contribution in [2.45, 2.75) is 18.9 Å². The molecule has 7 nitrogen and oxygen atoms in total. The molecule has 8 heteroatoms. The van der Waals surface area contributed by atoms with Crippen LogP contribution in [0.1, 0.15) is 23.2 Å². The predicted molar refractivity (Wildman–Crippen MR) is 74.4 cm³/mol. The van der Waals surface area contributed by atoms with Crippen molar-refractivity contribution in [2.75, 3.05) is 25.1 Å². The molecule has 0 bridgehead atoms. The van der Waals surface area contributed by atoms with Gasteiger partial charge in [-0.05, 0) is 12.8 Å². The Morgan fingerprint density at radius 2 is 2.10 bits per heavy atom. The number of nitrogens with one attached hydrogen (secondary N) is 1. The van der Waals surface area contributed by atoms with Crippen molar-refractivity contribution in [1.29, 1.82) is 0 Å². The number of carbonyl (C=O) groups excluding carboxylic acids is 1. The van der Waals surface area contributed by atoms with Crippen molar-refractivity contribution in [3.8, 4) is 5.75 Å². The van der Waals surface area contributed by atoms with Gasteiger partial charge >= 0.3 is 0 Å². The first-order chi connectivity index (χ1) is 9.26. The van der Waals surface area contributed by atoms with E-state index < -0.39 is 10.0 Å². The van der Waals surface area contributed by atoms with E-state index in [0.29, 0.717) is 11.3 Å². The molecule has 2 rings (SSSR count). The number of aromatic nitrogens is 1. The fraction of sp³-hybridized carbons (Fsp3) is 0.500. The SMILES string of the molecule is CN(C)C(=O)c1cnc(NS(C)(=O)=O)cc1OC1CC1. The highest BCUT2D eigenvalue weighted by Gasteiger charge is 2.27. The summed E-state index contributed by atoms with van der Waals surface area (Å²) < 4.78 is 30.3. The first-order valence-electron chi connectivity index (χ1n) is 6.12. The largest absolute Gasteiger partial charge is 0.489 e. The maximum absolute atomic E-state index is 12.0. The van der Waals surface area contributed by atoms with Gasteiger partial charge in [-0.3, -0.25) is 9.52 Å². The normalized spacial score (nSPS) is 14.8. The molecule has 110 valence electrons. The zero-order valence-corrected chi connectivity index (χ0v) is 12.4. The lowest BCUT2D eigenvalue weighted by atomic mass is 10.2. The van der Waals surface area contributed by atoms with Crippen molar-refractivity contribution >= 4 is 21.7 Å². The van der Waals surface area contributed by atoms with E-state index in [9.17, 15) is 13.2 Å². The molecule has 1 aromatic rings. The van der Waals surface area contributed by atoms with Gasteiger partial charge in [-0.1, -0.05) is 0 Å². The van der Waals surface area contributed by atoms with E-state index in [2.05, 4.69) is 9.71 Å². The summed E-state index contributed by atoms with van der Waals surface area (Å²) in [4.78, 5) is 17.4. The van der Waals surface area contributed by atoms with Crippen LogP contribution < -0.4 is 9.46 Å². The van der Waals surface area contributed by atoms with E-state index in [0.717, 1.165) is 19.1 Å². The maximum atomic E-state index is 12.0. The van der Waals surface area contributed by atoms with Crippen LogP contribution in [0.3, 0.4) is 0 Å². The maximum Gasteiger partial charge on any atom is 0.258 e. The Hall–Kier alpha value is -1.83. The quantitative estimate of drug-likeness (QED) is 0.864. The number of carbonyl (C=O) groups is 1. The lowest BCUT2D eigenvalue weighted by molar-refractivity contribution is 0.0822. The minimum Gasteiger partial charge on any atom is -0.489 e. The molecule has 0 spiro atoms. The first-order valence-corrected chi connectivity index (χ1v) is 8.01. The number of rotatable bonds is 5. The Labute approximate surface area is 118 Å². The highest BCUT2D eigenvalue weighted by Crippen LogP contribution is 2.30. The van der Waals surface area contributed by atoms with E-state index in [-0.39, 0.29) is 17.8 Å². The second-order valence-corrected chi connectivity index (χ2v) is 6.71. The van der Waals surface area contributed by atoms with Crippen LogP contribution in [0, 0.1) is 0 Å². The summed E-state index contributed by atoms with van der Waals surface area (Å²) in [5.74, 6) is 0.255. The van der Waals surface area contributed by atoms with Crippen molar-refractivity contribution in [3.05, 3.63) is 17.8 Å². The Morgan fingerprint density at radius 1 is 1.45 bits per heavy atom. The number of hydrogen-bond donors (Lipinski definition) is 1. The molecule has 1 aromatic heterocycles. The van der Waals surface area contributed by atoms with Crippen molar-refractivity contribution < 1.29 is 17.9 Å². The second kappa shape index (κ2) is 5.28. The molecule has 1 fully saturated rings. The Kier molecular flexibility index (Phi) is 3.85. The Morgan fingerprint density at radius 3 is 2.60 bits per heavy atom. The third-order valence-electron chi connectivity index (χ3n) is 2.61. The monoisotopic (exact) mass is 299 g/mol. The van der Waals surface area contributed by atoms with Gasteiger partial charge in [0.25, 0.3) is 5.91 Å². The van der Waals surface area contributed by atoms with Gasteiger partial charge in [-0.15, -0.1) is 0 Å². The van der Waals surface area contributed by atoms with E-state index in [1.807, 2.05) is 0 Å². The molecule has 0 radical (unpaired) electrons. The average Bonchev–Trinajstić information content (AvgIpc) is 3.10. The number of sulfonamides is 1. The van der Waals surface area contributed by atoms with E-state index in [1.54, 1.807) is 14.1 Å². The van der Waals surface area contributed by atoms with E-state index in [4.69, 9.17) is 4.74 Å². The van der Waals surface area contributed by atoms with Gasteiger partial charge in [0, 0.05) is 26.4 Å². The first kappa shape index (κ1) is 14.6. The van der Waals surface area contributed by atoms with Crippen LogP contribution in [-0.2, 0) is 10.0 Å². The van der Waals surface area contributed by atoms with Crippen LogP contribution in [0.5, 0.6) is 5.75 Å². The highest BCUT2D eigenvalue weighted by atomic mass is 32.2. The predicted octanol–water partition coefficient (Wildman–Crippen LogP) is 0.696. The summed E-state index contributed by atoms with van der Waals surface area (Å²) in [6.07, 6.45) is 4.33. The topological polar surface area (TPSA) is 88.6 Å². The lowest BCUT2D eigenvalue weighted by Crippen LogP contribution is -2.23. The van der Waals surface area contributed by atoms with Gasteiger partial charge in [-0.25, -0.2) is 13.4 Å². The minimum atomic E-state index is -3.42. The molecular formula is C12H17N3O4S. The number of anilines is 1. The van der Waals surface area contributed by atoms with E-state index in [1.165, 1.54) is 17.2 Å². The van der Waals surface area contributed by atoms with Crippen LogP contribution in [-0.4, -0.2) is 50.7 Å². The fourth-order valence-electron chi connectivity index (χ4n) is 1.55. The number of nitrogens with zero attached hydrogens (tertiary/aromatic N) is 2. The number of pyridine rings is 1. The van der Waals surface area contributed by atoms with Gasteiger partial charge in [0.1, 0.15) is 11.6 Å². The lowest BCUT2D eigenvalue weighted by Gasteiger charge is -2.15. The minimum absolute atomic E-state index is 0.0946. The second-order valence-electron chi connectivity index (χ2n) is 4.96. The van der Waals surface area contributed by atoms with Crippen molar-refractivity contribution in [1.82, 2.24) is 9.88 Å². The van der Waals surface area contributed by atoms with Crippen LogP contribution in [0.4, 0.5) is 5.82 Å². The summed E-state index contributed by atoms with van der Waals surface area (Å²) in [5, 5.41) is 0. The van der Waals surface area contributed by atoms with Gasteiger partial charge in [0.05, 0.1) is 17.9 Å². The number of ether oxygens (including phenoxy) is 1. The standard InChI is InChI=1S/C12H17N3O4S/c1-15(2)12(16)9-7-13-11(14-20(3,17)18)6-10(9)19-8-4-5-8/h6-8H,4-5H2,1-3H3,(H,13,14). The summed E-state index contributed by atoms with van der Waals surface area (Å²) in [7, 11) is -0.158. The Bertz CT molecular complexity index is 624. The van der Waals surface area contributed by atoms with Gasteiger partial charge in [-0.2, -0.15) is 0 Å². The summed E-state index contributed by atoms with van der Waals surface area (Å²) >= 11 is 0. The summed E-state index contributed by atoms with van der Waals surface area (Å²) in [6.45, 7) is 0. The molecule has 1 N–H and O–H groups in total. The smallest absolute Gasteiger partial charge is 0.258 e. The zero-order valence-electron chi connectivity index (χ0n) is 11.6. The molecule has 1 aliphatic rings. The highest BCUT2D eigenvalue weighted by molar-refractivity contribution is 7.92. The van der Waals surface area contributed by atoms with Crippen LogP contribution in [0.2, 0.25) is 0 Å². The molecule has 1 amide bonds. The van der Waals surface area contributed by atoms with Crippen LogP contribution in [0.25, 0.3) is 0 Å². The van der Waals surface area contributed by atoms with Crippen LogP contribution >= 0.6 is 0 Å². The third-order valence-corrected chi connectivity index (χ3v) is 3.19. The average molecular weight is 299 g/mol.